The SMILES string of the molecule is COCC(=O)CCCCc1ccccc1. The lowest BCUT2D eigenvalue weighted by molar-refractivity contribution is -0.122. The van der Waals surface area contributed by atoms with Gasteiger partial charge in [-0.1, -0.05) is 30.3 Å². The van der Waals surface area contributed by atoms with Gasteiger partial charge in [-0.05, 0) is 24.8 Å². The number of hydrogen-bond donors (Lipinski definition) is 0. The Labute approximate surface area is 91.3 Å². The Balaban J connectivity index is 2.10. The van der Waals surface area contributed by atoms with Gasteiger partial charge in [-0.3, -0.25) is 4.79 Å². The number of unbranched alkanes of at least 4 members (excludes halogenated alkanes) is 1. The second-order valence-electron chi connectivity index (χ2n) is 3.66. The third kappa shape index (κ3) is 5.33. The molecule has 0 aliphatic carbocycles. The number of Topliss-reactive ketones (excluding diaryl/α,β-unsaturated/α-hetero) is 1. The minimum Gasteiger partial charge on any atom is -0.377 e. The van der Waals surface area contributed by atoms with Crippen molar-refractivity contribution in [2.45, 2.75) is 25.7 Å². The van der Waals surface area contributed by atoms with Crippen molar-refractivity contribution in [2.75, 3.05) is 13.7 Å². The van der Waals surface area contributed by atoms with E-state index in [9.17, 15) is 4.79 Å². The zero-order valence-electron chi connectivity index (χ0n) is 9.24. The summed E-state index contributed by atoms with van der Waals surface area (Å²) in [5, 5.41) is 0. The molecule has 0 N–H and O–H groups in total. The zero-order chi connectivity index (χ0) is 10.9. The van der Waals surface area contributed by atoms with Crippen LogP contribution in [-0.4, -0.2) is 19.5 Å². The summed E-state index contributed by atoms with van der Waals surface area (Å²) in [6, 6.07) is 10.4. The van der Waals surface area contributed by atoms with Crippen LogP contribution < -0.4 is 0 Å². The van der Waals surface area contributed by atoms with Crippen LogP contribution >= 0.6 is 0 Å². The largest absolute Gasteiger partial charge is 0.377 e. The Hall–Kier alpha value is -1.15. The van der Waals surface area contributed by atoms with Crippen LogP contribution in [0, 0.1) is 0 Å². The van der Waals surface area contributed by atoms with Crippen molar-refractivity contribution < 1.29 is 9.53 Å². The first kappa shape index (κ1) is 11.9. The molecule has 2 heteroatoms. The molecule has 1 aromatic rings. The van der Waals surface area contributed by atoms with E-state index in [2.05, 4.69) is 12.1 Å². The quantitative estimate of drug-likeness (QED) is 0.641. The number of ketones is 1. The van der Waals surface area contributed by atoms with E-state index in [0.29, 0.717) is 6.42 Å². The van der Waals surface area contributed by atoms with Crippen molar-refractivity contribution in [1.29, 1.82) is 0 Å². The molecule has 0 radical (unpaired) electrons. The Morgan fingerprint density at radius 2 is 1.93 bits per heavy atom. The van der Waals surface area contributed by atoms with Crippen LogP contribution in [0.1, 0.15) is 24.8 Å². The molecule has 1 aromatic carbocycles. The van der Waals surface area contributed by atoms with Gasteiger partial charge in [0.05, 0.1) is 0 Å². The van der Waals surface area contributed by atoms with E-state index in [-0.39, 0.29) is 12.4 Å². The van der Waals surface area contributed by atoms with Crippen LogP contribution in [0.3, 0.4) is 0 Å². The number of aryl methyl sites for hydroxylation is 1. The van der Waals surface area contributed by atoms with E-state index in [1.54, 1.807) is 7.11 Å². The molecular weight excluding hydrogens is 188 g/mol. The number of ether oxygens (including phenoxy) is 1. The Kier molecular flexibility index (Phi) is 5.71. The van der Waals surface area contributed by atoms with E-state index in [1.807, 2.05) is 18.2 Å². The molecule has 0 spiro atoms. The summed E-state index contributed by atoms with van der Waals surface area (Å²) >= 11 is 0. The molecule has 0 saturated heterocycles. The molecule has 0 aromatic heterocycles. The topological polar surface area (TPSA) is 26.3 Å². The van der Waals surface area contributed by atoms with Gasteiger partial charge in [0.25, 0.3) is 0 Å². The molecule has 0 amide bonds. The van der Waals surface area contributed by atoms with Gasteiger partial charge in [0.15, 0.2) is 5.78 Å². The maximum absolute atomic E-state index is 11.1. The van der Waals surface area contributed by atoms with Gasteiger partial charge < -0.3 is 4.74 Å². The standard InChI is InChI=1S/C13H18O2/c1-15-11-13(14)10-6-5-9-12-7-3-2-4-8-12/h2-4,7-8H,5-6,9-11H2,1H3. The zero-order valence-corrected chi connectivity index (χ0v) is 9.24. The second kappa shape index (κ2) is 7.18. The normalized spacial score (nSPS) is 10.2. The van der Waals surface area contributed by atoms with Crippen LogP contribution in [0.2, 0.25) is 0 Å². The highest BCUT2D eigenvalue weighted by atomic mass is 16.5. The summed E-state index contributed by atoms with van der Waals surface area (Å²) in [6.07, 6.45) is 3.72. The molecule has 0 bridgehead atoms. The fourth-order valence-electron chi connectivity index (χ4n) is 1.53. The Morgan fingerprint density at radius 3 is 2.60 bits per heavy atom. The highest BCUT2D eigenvalue weighted by Crippen LogP contribution is 2.06. The highest BCUT2D eigenvalue weighted by Gasteiger charge is 2.00. The predicted octanol–water partition coefficient (Wildman–Crippen LogP) is 2.61. The Bertz CT molecular complexity index is 280. The number of methoxy groups -OCH3 is 1. The van der Waals surface area contributed by atoms with Crippen LogP contribution in [0.5, 0.6) is 0 Å². The van der Waals surface area contributed by atoms with Crippen molar-refractivity contribution in [2.24, 2.45) is 0 Å². The molecule has 82 valence electrons. The van der Waals surface area contributed by atoms with Crippen LogP contribution in [0.4, 0.5) is 0 Å². The molecule has 0 saturated carbocycles. The maximum Gasteiger partial charge on any atom is 0.158 e. The van der Waals surface area contributed by atoms with E-state index >= 15 is 0 Å². The fraction of sp³-hybridized carbons (Fsp3) is 0.462. The molecule has 15 heavy (non-hydrogen) atoms. The molecular formula is C13H18O2. The first-order valence-electron chi connectivity index (χ1n) is 5.37. The van der Waals surface area contributed by atoms with Crippen molar-refractivity contribution in [3.63, 3.8) is 0 Å². The summed E-state index contributed by atoms with van der Waals surface area (Å²) in [5.74, 6) is 0.200. The molecule has 0 fully saturated rings. The molecule has 0 aliphatic rings. The second-order valence-corrected chi connectivity index (χ2v) is 3.66. The average Bonchev–Trinajstić information content (AvgIpc) is 2.26. The lowest BCUT2D eigenvalue weighted by atomic mass is 10.1. The van der Waals surface area contributed by atoms with Crippen molar-refractivity contribution >= 4 is 5.78 Å². The smallest absolute Gasteiger partial charge is 0.158 e. The number of benzene rings is 1. The first-order chi connectivity index (χ1) is 7.33. The van der Waals surface area contributed by atoms with Crippen LogP contribution in [0.25, 0.3) is 0 Å². The molecule has 0 atom stereocenters. The van der Waals surface area contributed by atoms with Crippen molar-refractivity contribution in [1.82, 2.24) is 0 Å². The predicted molar refractivity (Wildman–Crippen MR) is 60.9 cm³/mol. The minimum absolute atomic E-state index is 0.200. The van der Waals surface area contributed by atoms with Gasteiger partial charge in [0.2, 0.25) is 0 Å². The molecule has 0 heterocycles. The number of hydrogen-bond acceptors (Lipinski definition) is 2. The molecule has 0 aliphatic heterocycles. The van der Waals surface area contributed by atoms with Crippen LogP contribution in [-0.2, 0) is 16.0 Å². The van der Waals surface area contributed by atoms with E-state index in [0.717, 1.165) is 19.3 Å². The third-order valence-corrected chi connectivity index (χ3v) is 2.32. The van der Waals surface area contributed by atoms with Gasteiger partial charge in [0, 0.05) is 13.5 Å². The lowest BCUT2D eigenvalue weighted by Crippen LogP contribution is -2.05. The van der Waals surface area contributed by atoms with Gasteiger partial charge in [-0.25, -0.2) is 0 Å². The van der Waals surface area contributed by atoms with Gasteiger partial charge in [-0.2, -0.15) is 0 Å². The number of rotatable bonds is 7. The average molecular weight is 206 g/mol. The van der Waals surface area contributed by atoms with Gasteiger partial charge in [-0.15, -0.1) is 0 Å². The molecule has 1 rings (SSSR count). The third-order valence-electron chi connectivity index (χ3n) is 2.32. The van der Waals surface area contributed by atoms with Gasteiger partial charge in [0.1, 0.15) is 6.61 Å². The number of carbonyl (C=O) groups is 1. The first-order valence-corrected chi connectivity index (χ1v) is 5.37. The summed E-state index contributed by atoms with van der Waals surface area (Å²) in [7, 11) is 1.56. The van der Waals surface area contributed by atoms with Crippen LogP contribution in [0.15, 0.2) is 30.3 Å². The van der Waals surface area contributed by atoms with Crippen molar-refractivity contribution in [3.8, 4) is 0 Å². The van der Waals surface area contributed by atoms with Gasteiger partial charge >= 0.3 is 0 Å². The summed E-state index contributed by atoms with van der Waals surface area (Å²) < 4.78 is 4.77. The minimum atomic E-state index is 0.200. The van der Waals surface area contributed by atoms with E-state index < -0.39 is 0 Å². The maximum atomic E-state index is 11.1. The summed E-state index contributed by atoms with van der Waals surface area (Å²) in [6.45, 7) is 0.255. The highest BCUT2D eigenvalue weighted by molar-refractivity contribution is 5.79. The van der Waals surface area contributed by atoms with E-state index in [1.165, 1.54) is 5.56 Å². The number of carbonyl (C=O) groups excluding carboxylic acids is 1. The fourth-order valence-corrected chi connectivity index (χ4v) is 1.53. The monoisotopic (exact) mass is 206 g/mol. The summed E-state index contributed by atoms with van der Waals surface area (Å²) in [5.41, 5.74) is 1.34. The summed E-state index contributed by atoms with van der Waals surface area (Å²) in [4.78, 5) is 11.1. The lowest BCUT2D eigenvalue weighted by Gasteiger charge is -2.01. The van der Waals surface area contributed by atoms with E-state index in [4.69, 9.17) is 4.74 Å². The molecule has 0 unspecified atom stereocenters. The Morgan fingerprint density at radius 1 is 1.20 bits per heavy atom. The van der Waals surface area contributed by atoms with Crippen molar-refractivity contribution in [3.05, 3.63) is 35.9 Å². The molecule has 2 nitrogen and oxygen atoms in total.